The predicted molar refractivity (Wildman–Crippen MR) is 102 cm³/mol. The topological polar surface area (TPSA) is 88.5 Å². The largest absolute Gasteiger partial charge is 0.378 e. The molecule has 7 heteroatoms. The SMILES string of the molecule is CCO[C@@H]1C[C@@H](N(C)C(=O)c2c[nH]c3ccc([N+](=O)[O-])cc23)C12CCCC2. The lowest BCUT2D eigenvalue weighted by Gasteiger charge is -2.57. The maximum absolute atomic E-state index is 13.2. The fourth-order valence-corrected chi connectivity index (χ4v) is 5.12. The number of aromatic amines is 1. The molecule has 1 aromatic carbocycles. The second-order valence-corrected chi connectivity index (χ2v) is 7.74. The van der Waals surface area contributed by atoms with Crippen LogP contribution >= 0.6 is 0 Å². The molecule has 1 heterocycles. The van der Waals surface area contributed by atoms with Crippen LogP contribution in [0.5, 0.6) is 0 Å². The maximum atomic E-state index is 13.2. The number of aromatic nitrogens is 1. The summed E-state index contributed by atoms with van der Waals surface area (Å²) in [6.07, 6.45) is 7.31. The highest BCUT2D eigenvalue weighted by atomic mass is 16.6. The van der Waals surface area contributed by atoms with Crippen molar-refractivity contribution in [2.75, 3.05) is 13.7 Å². The van der Waals surface area contributed by atoms with E-state index in [2.05, 4.69) is 4.98 Å². The standard InChI is InChI=1S/C20H25N3O4/c1-3-27-18-11-17(20(18)8-4-5-9-20)22(2)19(24)15-12-21-16-7-6-13(23(25)26)10-14(15)16/h6-7,10,12,17-18,21H,3-5,8-9,11H2,1-2H3/t17-,18-/m1/s1. The Morgan fingerprint density at radius 2 is 2.15 bits per heavy atom. The van der Waals surface area contributed by atoms with Gasteiger partial charge in [-0.3, -0.25) is 14.9 Å². The number of ether oxygens (including phenoxy) is 1. The smallest absolute Gasteiger partial charge is 0.270 e. The third kappa shape index (κ3) is 2.72. The minimum Gasteiger partial charge on any atom is -0.378 e. The molecule has 1 aromatic heterocycles. The van der Waals surface area contributed by atoms with E-state index in [1.165, 1.54) is 25.0 Å². The highest BCUT2D eigenvalue weighted by Gasteiger charge is 2.58. The normalized spacial score (nSPS) is 23.5. The van der Waals surface area contributed by atoms with Crippen molar-refractivity contribution in [3.05, 3.63) is 40.1 Å². The van der Waals surface area contributed by atoms with Gasteiger partial charge in [-0.1, -0.05) is 12.8 Å². The lowest BCUT2D eigenvalue weighted by atomic mass is 9.60. The van der Waals surface area contributed by atoms with E-state index >= 15 is 0 Å². The first-order chi connectivity index (χ1) is 13.0. The number of H-pyrrole nitrogens is 1. The number of nitro benzene ring substituents is 1. The summed E-state index contributed by atoms with van der Waals surface area (Å²) in [6, 6.07) is 4.73. The number of carbonyl (C=O) groups is 1. The summed E-state index contributed by atoms with van der Waals surface area (Å²) in [5.74, 6) is -0.0898. The summed E-state index contributed by atoms with van der Waals surface area (Å²) < 4.78 is 5.96. The Kier molecular flexibility index (Phi) is 4.42. The summed E-state index contributed by atoms with van der Waals surface area (Å²) in [6.45, 7) is 2.71. The van der Waals surface area contributed by atoms with E-state index in [0.717, 1.165) is 24.8 Å². The van der Waals surface area contributed by atoms with Gasteiger partial charge in [0.1, 0.15) is 0 Å². The van der Waals surface area contributed by atoms with Crippen LogP contribution in [-0.2, 0) is 4.74 Å². The molecular weight excluding hydrogens is 346 g/mol. The van der Waals surface area contributed by atoms with Crippen LogP contribution in [0.2, 0.25) is 0 Å². The molecule has 2 atom stereocenters. The molecule has 2 fully saturated rings. The molecule has 4 rings (SSSR count). The van der Waals surface area contributed by atoms with Crippen molar-refractivity contribution in [3.63, 3.8) is 0 Å². The number of nitrogens with zero attached hydrogens (tertiary/aromatic N) is 2. The Morgan fingerprint density at radius 1 is 1.41 bits per heavy atom. The quantitative estimate of drug-likeness (QED) is 0.638. The lowest BCUT2D eigenvalue weighted by molar-refractivity contribution is -0.384. The number of fused-ring (bicyclic) bond motifs is 1. The third-order valence-electron chi connectivity index (χ3n) is 6.54. The predicted octanol–water partition coefficient (Wildman–Crippen LogP) is 3.89. The Morgan fingerprint density at radius 3 is 2.81 bits per heavy atom. The molecule has 2 saturated carbocycles. The molecule has 1 amide bonds. The fraction of sp³-hybridized carbons (Fsp3) is 0.550. The second-order valence-electron chi connectivity index (χ2n) is 7.74. The van der Waals surface area contributed by atoms with Crippen LogP contribution in [0.25, 0.3) is 10.9 Å². The van der Waals surface area contributed by atoms with E-state index < -0.39 is 4.92 Å². The molecule has 0 radical (unpaired) electrons. The highest BCUT2D eigenvalue weighted by Crippen LogP contribution is 2.56. The minimum absolute atomic E-state index is 0.00822. The zero-order valence-electron chi connectivity index (χ0n) is 15.7. The van der Waals surface area contributed by atoms with Crippen molar-refractivity contribution in [1.82, 2.24) is 9.88 Å². The van der Waals surface area contributed by atoms with Gasteiger partial charge in [0.2, 0.25) is 0 Å². The number of hydrogen-bond donors (Lipinski definition) is 1. The van der Waals surface area contributed by atoms with Crippen molar-refractivity contribution < 1.29 is 14.5 Å². The van der Waals surface area contributed by atoms with Crippen molar-refractivity contribution in [2.45, 2.75) is 51.2 Å². The number of benzene rings is 1. The summed E-state index contributed by atoms with van der Waals surface area (Å²) in [7, 11) is 1.85. The minimum atomic E-state index is -0.434. The number of nitro groups is 1. The van der Waals surface area contributed by atoms with Gasteiger partial charge in [-0.25, -0.2) is 0 Å². The molecule has 1 spiro atoms. The van der Waals surface area contributed by atoms with Crippen molar-refractivity contribution >= 4 is 22.5 Å². The van der Waals surface area contributed by atoms with Gasteiger partial charge in [0, 0.05) is 54.3 Å². The maximum Gasteiger partial charge on any atom is 0.270 e. The molecule has 0 bridgehead atoms. The van der Waals surface area contributed by atoms with Gasteiger partial charge in [0.15, 0.2) is 0 Å². The first-order valence-corrected chi connectivity index (χ1v) is 9.62. The fourth-order valence-electron chi connectivity index (χ4n) is 5.12. The van der Waals surface area contributed by atoms with E-state index in [4.69, 9.17) is 4.74 Å². The molecule has 2 aliphatic carbocycles. The summed E-state index contributed by atoms with van der Waals surface area (Å²) in [4.78, 5) is 28.8. The molecule has 7 nitrogen and oxygen atoms in total. The summed E-state index contributed by atoms with van der Waals surface area (Å²) in [5, 5.41) is 11.7. The molecule has 27 heavy (non-hydrogen) atoms. The number of rotatable bonds is 5. The first kappa shape index (κ1) is 18.0. The van der Waals surface area contributed by atoms with E-state index in [1.807, 2.05) is 18.9 Å². The van der Waals surface area contributed by atoms with Crippen LogP contribution in [0.1, 0.15) is 49.4 Å². The van der Waals surface area contributed by atoms with Crippen molar-refractivity contribution in [2.24, 2.45) is 5.41 Å². The summed E-state index contributed by atoms with van der Waals surface area (Å²) in [5.41, 5.74) is 1.28. The molecule has 2 aromatic rings. The van der Waals surface area contributed by atoms with Crippen LogP contribution in [0.3, 0.4) is 0 Å². The molecule has 144 valence electrons. The summed E-state index contributed by atoms with van der Waals surface area (Å²) >= 11 is 0. The molecule has 0 saturated heterocycles. The molecule has 0 aliphatic heterocycles. The number of non-ortho nitro benzene ring substituents is 1. The van der Waals surface area contributed by atoms with Crippen LogP contribution in [0.15, 0.2) is 24.4 Å². The van der Waals surface area contributed by atoms with Crippen molar-refractivity contribution in [1.29, 1.82) is 0 Å². The van der Waals surface area contributed by atoms with Gasteiger partial charge < -0.3 is 14.6 Å². The zero-order chi connectivity index (χ0) is 19.2. The molecule has 1 N–H and O–H groups in total. The van der Waals surface area contributed by atoms with Gasteiger partial charge in [-0.15, -0.1) is 0 Å². The van der Waals surface area contributed by atoms with E-state index in [1.54, 1.807) is 12.3 Å². The number of hydrogen-bond acceptors (Lipinski definition) is 4. The van der Waals surface area contributed by atoms with Crippen LogP contribution in [-0.4, -0.2) is 46.5 Å². The zero-order valence-corrected chi connectivity index (χ0v) is 15.7. The average Bonchev–Trinajstić information content (AvgIpc) is 3.31. The monoisotopic (exact) mass is 371 g/mol. The average molecular weight is 371 g/mol. The van der Waals surface area contributed by atoms with Gasteiger partial charge >= 0.3 is 0 Å². The van der Waals surface area contributed by atoms with Gasteiger partial charge in [-0.2, -0.15) is 0 Å². The Balaban J connectivity index is 1.62. The Bertz CT molecular complexity index is 884. The van der Waals surface area contributed by atoms with Gasteiger partial charge in [0.05, 0.1) is 16.6 Å². The Labute approximate surface area is 157 Å². The van der Waals surface area contributed by atoms with E-state index in [9.17, 15) is 14.9 Å². The number of amides is 1. The molecule has 2 aliphatic rings. The Hall–Kier alpha value is -2.41. The number of carbonyl (C=O) groups excluding carboxylic acids is 1. The van der Waals surface area contributed by atoms with Crippen LogP contribution in [0, 0.1) is 15.5 Å². The second kappa shape index (κ2) is 6.64. The lowest BCUT2D eigenvalue weighted by Crippen LogP contribution is -2.63. The molecule has 0 unspecified atom stereocenters. The van der Waals surface area contributed by atoms with Gasteiger partial charge in [-0.05, 0) is 32.3 Å². The third-order valence-corrected chi connectivity index (χ3v) is 6.54. The highest BCUT2D eigenvalue weighted by molar-refractivity contribution is 6.07. The van der Waals surface area contributed by atoms with Crippen molar-refractivity contribution in [3.8, 4) is 0 Å². The van der Waals surface area contributed by atoms with Crippen LogP contribution in [0.4, 0.5) is 5.69 Å². The van der Waals surface area contributed by atoms with E-state index in [0.29, 0.717) is 17.6 Å². The molecular formula is C20H25N3O4. The van der Waals surface area contributed by atoms with Gasteiger partial charge in [0.25, 0.3) is 11.6 Å². The number of nitrogens with one attached hydrogen (secondary N) is 1. The van der Waals surface area contributed by atoms with E-state index in [-0.39, 0.29) is 29.2 Å². The van der Waals surface area contributed by atoms with Crippen LogP contribution < -0.4 is 0 Å². The first-order valence-electron chi connectivity index (χ1n) is 9.62.